The maximum Gasteiger partial charge on any atom is 0.416 e. The van der Waals surface area contributed by atoms with E-state index in [1.54, 1.807) is 29.7 Å². The summed E-state index contributed by atoms with van der Waals surface area (Å²) >= 11 is 0. The first-order chi connectivity index (χ1) is 11.4. The fraction of sp³-hybridized carbons (Fsp3) is 0.167. The van der Waals surface area contributed by atoms with Crippen LogP contribution in [-0.2, 0) is 10.9 Å². The van der Waals surface area contributed by atoms with Crippen LogP contribution in [0.5, 0.6) is 0 Å². The molecule has 0 N–H and O–H groups in total. The third-order valence-electron chi connectivity index (χ3n) is 3.65. The second-order valence-electron chi connectivity index (χ2n) is 5.19. The molecule has 0 spiro atoms. The predicted octanol–water partition coefficient (Wildman–Crippen LogP) is 4.83. The zero-order valence-corrected chi connectivity index (χ0v) is 12.8. The summed E-state index contributed by atoms with van der Waals surface area (Å²) in [7, 11) is 0. The van der Waals surface area contributed by atoms with Gasteiger partial charge in [-0.05, 0) is 43.3 Å². The van der Waals surface area contributed by atoms with Crippen molar-refractivity contribution in [2.24, 2.45) is 0 Å². The molecule has 0 fully saturated rings. The van der Waals surface area contributed by atoms with E-state index in [1.807, 2.05) is 12.1 Å². The lowest BCUT2D eigenvalue weighted by atomic mass is 10.2. The van der Waals surface area contributed by atoms with Crippen LogP contribution < -0.4 is 0 Å². The van der Waals surface area contributed by atoms with E-state index in [0.29, 0.717) is 5.69 Å². The van der Waals surface area contributed by atoms with Gasteiger partial charge in [0.25, 0.3) is 0 Å². The van der Waals surface area contributed by atoms with Crippen LogP contribution in [-0.4, -0.2) is 17.1 Å². The minimum absolute atomic E-state index is 0.216. The number of fused-ring (bicyclic) bond motifs is 1. The summed E-state index contributed by atoms with van der Waals surface area (Å²) < 4.78 is 44.9. The number of ether oxygens (including phenoxy) is 1. The van der Waals surface area contributed by atoms with E-state index in [4.69, 9.17) is 4.74 Å². The molecule has 0 aliphatic heterocycles. The Morgan fingerprint density at radius 3 is 2.38 bits per heavy atom. The molecule has 0 bridgehead atoms. The average Bonchev–Trinajstić information content (AvgIpc) is 2.94. The van der Waals surface area contributed by atoms with Crippen LogP contribution in [0.4, 0.5) is 13.2 Å². The monoisotopic (exact) mass is 333 g/mol. The van der Waals surface area contributed by atoms with Gasteiger partial charge in [0.1, 0.15) is 5.69 Å². The standard InChI is InChI=1S/C18H14F3NO2/c1-2-24-17(23)16-11-12-5-3-4-6-15(12)22(16)14-9-7-13(8-10-14)18(19,20)21/h3-11H,2H2,1H3. The number of halogens is 3. The van der Waals surface area contributed by atoms with Crippen molar-refractivity contribution in [3.63, 3.8) is 0 Å². The van der Waals surface area contributed by atoms with Gasteiger partial charge in [0.15, 0.2) is 0 Å². The second-order valence-corrected chi connectivity index (χ2v) is 5.19. The first-order valence-corrected chi connectivity index (χ1v) is 7.37. The number of nitrogens with zero attached hydrogens (tertiary/aromatic N) is 1. The Hall–Kier alpha value is -2.76. The van der Waals surface area contributed by atoms with Gasteiger partial charge in [-0.3, -0.25) is 0 Å². The molecule has 2 aromatic carbocycles. The van der Waals surface area contributed by atoms with Crippen molar-refractivity contribution >= 4 is 16.9 Å². The average molecular weight is 333 g/mol. The highest BCUT2D eigenvalue weighted by molar-refractivity contribution is 5.97. The normalized spacial score (nSPS) is 11.7. The van der Waals surface area contributed by atoms with Crippen molar-refractivity contribution in [3.8, 4) is 5.69 Å². The molecule has 0 saturated heterocycles. The molecular formula is C18H14F3NO2. The van der Waals surface area contributed by atoms with Crippen LogP contribution >= 0.6 is 0 Å². The Labute approximate surface area is 136 Å². The molecule has 1 aromatic heterocycles. The van der Waals surface area contributed by atoms with Gasteiger partial charge in [-0.1, -0.05) is 18.2 Å². The number of para-hydroxylation sites is 1. The van der Waals surface area contributed by atoms with Crippen molar-refractivity contribution in [2.45, 2.75) is 13.1 Å². The molecule has 3 aromatic rings. The van der Waals surface area contributed by atoms with Crippen LogP contribution in [0.25, 0.3) is 16.6 Å². The highest BCUT2D eigenvalue weighted by Gasteiger charge is 2.30. The number of rotatable bonds is 3. The number of aromatic nitrogens is 1. The van der Waals surface area contributed by atoms with E-state index < -0.39 is 17.7 Å². The van der Waals surface area contributed by atoms with Gasteiger partial charge in [0, 0.05) is 11.1 Å². The molecule has 0 radical (unpaired) electrons. The van der Waals surface area contributed by atoms with Crippen LogP contribution in [0.1, 0.15) is 23.0 Å². The first kappa shape index (κ1) is 16.1. The van der Waals surface area contributed by atoms with Crippen molar-refractivity contribution in [2.75, 3.05) is 6.61 Å². The lowest BCUT2D eigenvalue weighted by Crippen LogP contribution is -2.11. The SMILES string of the molecule is CCOC(=O)c1cc2ccccc2n1-c1ccc(C(F)(F)F)cc1. The van der Waals surface area contributed by atoms with E-state index in [9.17, 15) is 18.0 Å². The molecular weight excluding hydrogens is 319 g/mol. The number of esters is 1. The third kappa shape index (κ3) is 2.87. The lowest BCUT2D eigenvalue weighted by molar-refractivity contribution is -0.137. The summed E-state index contributed by atoms with van der Waals surface area (Å²) in [6.07, 6.45) is -4.40. The third-order valence-corrected chi connectivity index (χ3v) is 3.65. The van der Waals surface area contributed by atoms with E-state index in [1.165, 1.54) is 12.1 Å². The molecule has 0 aliphatic rings. The first-order valence-electron chi connectivity index (χ1n) is 7.37. The summed E-state index contributed by atoms with van der Waals surface area (Å²) in [6.45, 7) is 1.91. The molecule has 0 saturated carbocycles. The van der Waals surface area contributed by atoms with Gasteiger partial charge in [0.05, 0.1) is 17.7 Å². The summed E-state index contributed by atoms with van der Waals surface area (Å²) in [5, 5.41) is 0.806. The zero-order chi connectivity index (χ0) is 17.3. The molecule has 3 rings (SSSR count). The Bertz CT molecular complexity index is 879. The summed E-state index contributed by atoms with van der Waals surface area (Å²) in [5.41, 5.74) is 0.728. The second kappa shape index (κ2) is 6.03. The van der Waals surface area contributed by atoms with Gasteiger partial charge in [-0.15, -0.1) is 0 Å². The minimum atomic E-state index is -4.40. The summed E-state index contributed by atoms with van der Waals surface area (Å²) in [4.78, 5) is 12.2. The zero-order valence-electron chi connectivity index (χ0n) is 12.8. The molecule has 24 heavy (non-hydrogen) atoms. The van der Waals surface area contributed by atoms with E-state index in [0.717, 1.165) is 23.0 Å². The van der Waals surface area contributed by atoms with E-state index in [-0.39, 0.29) is 12.3 Å². The van der Waals surface area contributed by atoms with Crippen LogP contribution in [0, 0.1) is 0 Å². The highest BCUT2D eigenvalue weighted by atomic mass is 19.4. The van der Waals surface area contributed by atoms with Gasteiger partial charge in [0.2, 0.25) is 0 Å². The molecule has 6 heteroatoms. The van der Waals surface area contributed by atoms with E-state index >= 15 is 0 Å². The number of carbonyl (C=O) groups excluding carboxylic acids is 1. The fourth-order valence-corrected chi connectivity index (χ4v) is 2.59. The topological polar surface area (TPSA) is 31.2 Å². The van der Waals surface area contributed by atoms with Crippen LogP contribution in [0.2, 0.25) is 0 Å². The van der Waals surface area contributed by atoms with Crippen molar-refractivity contribution in [3.05, 3.63) is 65.9 Å². The number of alkyl halides is 3. The Morgan fingerprint density at radius 2 is 1.75 bits per heavy atom. The smallest absolute Gasteiger partial charge is 0.416 e. The Morgan fingerprint density at radius 1 is 1.08 bits per heavy atom. The maximum absolute atomic E-state index is 12.7. The summed E-state index contributed by atoms with van der Waals surface area (Å²) in [6, 6.07) is 13.6. The number of hydrogen-bond donors (Lipinski definition) is 0. The lowest BCUT2D eigenvalue weighted by Gasteiger charge is -2.12. The quantitative estimate of drug-likeness (QED) is 0.643. The predicted molar refractivity (Wildman–Crippen MR) is 84.2 cm³/mol. The molecule has 0 atom stereocenters. The molecule has 0 aliphatic carbocycles. The largest absolute Gasteiger partial charge is 0.461 e. The van der Waals surface area contributed by atoms with Gasteiger partial charge < -0.3 is 9.30 Å². The highest BCUT2D eigenvalue weighted by Crippen LogP contribution is 2.31. The molecule has 3 nitrogen and oxygen atoms in total. The van der Waals surface area contributed by atoms with Crippen molar-refractivity contribution < 1.29 is 22.7 Å². The van der Waals surface area contributed by atoms with Crippen molar-refractivity contribution in [1.29, 1.82) is 0 Å². The molecule has 0 amide bonds. The summed E-state index contributed by atoms with van der Waals surface area (Å²) in [5.74, 6) is -0.520. The van der Waals surface area contributed by atoms with E-state index in [2.05, 4.69) is 0 Å². The fourth-order valence-electron chi connectivity index (χ4n) is 2.59. The minimum Gasteiger partial charge on any atom is -0.461 e. The van der Waals surface area contributed by atoms with Gasteiger partial charge >= 0.3 is 12.1 Å². The van der Waals surface area contributed by atoms with Gasteiger partial charge in [-0.25, -0.2) is 4.79 Å². The van der Waals surface area contributed by atoms with Crippen LogP contribution in [0.3, 0.4) is 0 Å². The number of carbonyl (C=O) groups is 1. The Kier molecular flexibility index (Phi) is 4.05. The van der Waals surface area contributed by atoms with Crippen molar-refractivity contribution in [1.82, 2.24) is 4.57 Å². The number of benzene rings is 2. The molecule has 124 valence electrons. The molecule has 1 heterocycles. The number of hydrogen-bond acceptors (Lipinski definition) is 2. The Balaban J connectivity index is 2.17. The maximum atomic E-state index is 12.7. The van der Waals surface area contributed by atoms with Gasteiger partial charge in [-0.2, -0.15) is 13.2 Å². The van der Waals surface area contributed by atoms with Crippen LogP contribution in [0.15, 0.2) is 54.6 Å². The molecule has 0 unspecified atom stereocenters.